The molecule has 0 unspecified atom stereocenters. The lowest BCUT2D eigenvalue weighted by Crippen LogP contribution is -2.52. The van der Waals surface area contributed by atoms with E-state index in [2.05, 4.69) is 0 Å². The monoisotopic (exact) mass is 424 g/mol. The van der Waals surface area contributed by atoms with Crippen molar-refractivity contribution in [2.24, 2.45) is 0 Å². The van der Waals surface area contributed by atoms with Crippen molar-refractivity contribution in [3.8, 4) is 5.75 Å². The minimum absolute atomic E-state index is 0.0275. The highest BCUT2D eigenvalue weighted by Crippen LogP contribution is 2.53. The number of carboxylic acid groups (broad SMARTS) is 1. The fourth-order valence-electron chi connectivity index (χ4n) is 2.82. The number of carbonyl (C=O) groups is 1. The first-order chi connectivity index (χ1) is 12.5. The quantitative estimate of drug-likeness (QED) is 0.639. The number of rotatable bonds is 2. The summed E-state index contributed by atoms with van der Waals surface area (Å²) in [6, 6.07) is 3.29. The second kappa shape index (κ2) is 6.38. The number of alkyl halides is 3. The van der Waals surface area contributed by atoms with Gasteiger partial charge in [-0.1, -0.05) is 23.2 Å². The van der Waals surface area contributed by atoms with Crippen LogP contribution in [0.15, 0.2) is 35.9 Å². The highest BCUT2D eigenvalue weighted by molar-refractivity contribution is 6.36. The van der Waals surface area contributed by atoms with Gasteiger partial charge in [-0.3, -0.25) is 0 Å². The van der Waals surface area contributed by atoms with Gasteiger partial charge < -0.3 is 9.84 Å². The first-order valence-electron chi connectivity index (χ1n) is 7.12. The second-order valence-corrected chi connectivity index (χ2v) is 6.45. The van der Waals surface area contributed by atoms with Crippen molar-refractivity contribution < 1.29 is 36.6 Å². The number of hydrogen-bond donors (Lipinski definition) is 1. The fourth-order valence-corrected chi connectivity index (χ4v) is 3.37. The van der Waals surface area contributed by atoms with Gasteiger partial charge in [-0.15, -0.1) is 0 Å². The number of carboxylic acids is 1. The minimum atomic E-state index is -5.40. The largest absolute Gasteiger partial charge is 0.478 e. The number of hydrogen-bond acceptors (Lipinski definition) is 2. The molecule has 142 valence electrons. The predicted octanol–water partition coefficient (Wildman–Crippen LogP) is 5.59. The average molecular weight is 425 g/mol. The number of benzene rings is 2. The van der Waals surface area contributed by atoms with Gasteiger partial charge in [0.05, 0.1) is 10.6 Å². The van der Waals surface area contributed by atoms with E-state index >= 15 is 0 Å². The molecule has 0 fully saturated rings. The summed E-state index contributed by atoms with van der Waals surface area (Å²) in [5, 5.41) is 9.10. The molecule has 10 heteroatoms. The van der Waals surface area contributed by atoms with E-state index < -0.39 is 46.3 Å². The fraction of sp³-hybridized carbons (Fsp3) is 0.118. The van der Waals surface area contributed by atoms with Gasteiger partial charge >= 0.3 is 12.1 Å². The Morgan fingerprint density at radius 3 is 2.15 bits per heavy atom. The summed E-state index contributed by atoms with van der Waals surface area (Å²) < 4.78 is 74.6. The van der Waals surface area contributed by atoms with E-state index in [9.17, 15) is 31.9 Å². The Labute approximate surface area is 158 Å². The molecule has 1 aliphatic heterocycles. The van der Waals surface area contributed by atoms with Crippen LogP contribution in [0, 0.1) is 11.6 Å². The Morgan fingerprint density at radius 2 is 1.63 bits per heavy atom. The van der Waals surface area contributed by atoms with E-state index in [1.165, 1.54) is 0 Å². The number of halogens is 7. The molecular formula is C17H7Cl2F5O3. The van der Waals surface area contributed by atoms with Gasteiger partial charge in [0.1, 0.15) is 17.4 Å². The summed E-state index contributed by atoms with van der Waals surface area (Å²) in [7, 11) is 0. The van der Waals surface area contributed by atoms with Crippen LogP contribution in [-0.2, 0) is 10.4 Å². The molecule has 0 radical (unpaired) electrons. The van der Waals surface area contributed by atoms with E-state index in [1.54, 1.807) is 0 Å². The molecule has 0 spiro atoms. The smallest absolute Gasteiger partial charge is 0.437 e. The van der Waals surface area contributed by atoms with E-state index in [-0.39, 0.29) is 15.6 Å². The predicted molar refractivity (Wildman–Crippen MR) is 86.8 cm³/mol. The Bertz CT molecular complexity index is 967. The SMILES string of the molecule is O=C(O)C1=Cc2cc(Cl)cc(Cl)c2O[C@]1(c1cc(F)cc(F)c1)C(F)(F)F. The summed E-state index contributed by atoms with van der Waals surface area (Å²) in [6.45, 7) is 0. The van der Waals surface area contributed by atoms with Crippen molar-refractivity contribution >= 4 is 35.2 Å². The van der Waals surface area contributed by atoms with E-state index in [1.807, 2.05) is 0 Å². The molecule has 0 amide bonds. The zero-order valence-corrected chi connectivity index (χ0v) is 14.4. The van der Waals surface area contributed by atoms with Crippen LogP contribution in [0.4, 0.5) is 22.0 Å². The van der Waals surface area contributed by atoms with Gasteiger partial charge in [-0.05, 0) is 30.3 Å². The Balaban J connectivity index is 2.42. The van der Waals surface area contributed by atoms with Crippen LogP contribution in [0.25, 0.3) is 6.08 Å². The van der Waals surface area contributed by atoms with Gasteiger partial charge in [0.2, 0.25) is 0 Å². The zero-order valence-electron chi connectivity index (χ0n) is 12.9. The maximum absolute atomic E-state index is 14.1. The van der Waals surface area contributed by atoms with Crippen LogP contribution in [0.3, 0.4) is 0 Å². The maximum Gasteiger partial charge on any atom is 0.437 e. The van der Waals surface area contributed by atoms with Gasteiger partial charge in [-0.2, -0.15) is 13.2 Å². The molecule has 0 bridgehead atoms. The van der Waals surface area contributed by atoms with Gasteiger partial charge in [0.15, 0.2) is 0 Å². The molecule has 1 aliphatic rings. The maximum atomic E-state index is 14.1. The van der Waals surface area contributed by atoms with Crippen LogP contribution in [0.2, 0.25) is 10.0 Å². The van der Waals surface area contributed by atoms with Crippen molar-refractivity contribution in [3.63, 3.8) is 0 Å². The number of fused-ring (bicyclic) bond motifs is 1. The molecule has 1 atom stereocenters. The molecule has 27 heavy (non-hydrogen) atoms. The van der Waals surface area contributed by atoms with Crippen molar-refractivity contribution in [2.45, 2.75) is 11.8 Å². The third-order valence-electron chi connectivity index (χ3n) is 3.87. The molecule has 3 nitrogen and oxygen atoms in total. The summed E-state index contributed by atoms with van der Waals surface area (Å²) in [4.78, 5) is 11.6. The van der Waals surface area contributed by atoms with Crippen molar-refractivity contribution in [2.75, 3.05) is 0 Å². The third kappa shape index (κ3) is 3.12. The Morgan fingerprint density at radius 1 is 1.04 bits per heavy atom. The van der Waals surface area contributed by atoms with Crippen molar-refractivity contribution in [3.05, 3.63) is 68.7 Å². The molecule has 2 aromatic rings. The summed E-state index contributed by atoms with van der Waals surface area (Å²) in [5.41, 5.74) is -6.20. The van der Waals surface area contributed by atoms with Crippen LogP contribution >= 0.6 is 23.2 Å². The minimum Gasteiger partial charge on any atom is -0.478 e. The molecule has 3 rings (SSSR count). The third-order valence-corrected chi connectivity index (χ3v) is 4.37. The van der Waals surface area contributed by atoms with Gasteiger partial charge in [-0.25, -0.2) is 13.6 Å². The Hall–Kier alpha value is -2.32. The zero-order chi connectivity index (χ0) is 20.1. The van der Waals surface area contributed by atoms with Gasteiger partial charge in [0.25, 0.3) is 5.60 Å². The van der Waals surface area contributed by atoms with Crippen molar-refractivity contribution in [1.82, 2.24) is 0 Å². The Kier molecular flexibility index (Phi) is 4.60. The first-order valence-corrected chi connectivity index (χ1v) is 7.88. The molecule has 2 aromatic carbocycles. The molecule has 0 aliphatic carbocycles. The first kappa shape index (κ1) is 19.4. The summed E-state index contributed by atoms with van der Waals surface area (Å²) in [5.74, 6) is -5.20. The second-order valence-electron chi connectivity index (χ2n) is 5.61. The van der Waals surface area contributed by atoms with Crippen LogP contribution < -0.4 is 4.74 Å². The van der Waals surface area contributed by atoms with Crippen LogP contribution in [0.1, 0.15) is 11.1 Å². The van der Waals surface area contributed by atoms with E-state index in [0.717, 1.165) is 12.1 Å². The molecular weight excluding hydrogens is 418 g/mol. The number of aliphatic carboxylic acids is 1. The highest BCUT2D eigenvalue weighted by Gasteiger charge is 2.64. The number of ether oxygens (including phenoxy) is 1. The summed E-state index contributed by atoms with van der Waals surface area (Å²) in [6.07, 6.45) is -4.74. The summed E-state index contributed by atoms with van der Waals surface area (Å²) >= 11 is 11.7. The van der Waals surface area contributed by atoms with E-state index in [0.29, 0.717) is 24.3 Å². The lowest BCUT2D eigenvalue weighted by Gasteiger charge is -2.40. The van der Waals surface area contributed by atoms with Gasteiger partial charge in [0, 0.05) is 22.2 Å². The lowest BCUT2D eigenvalue weighted by molar-refractivity contribution is -0.241. The molecule has 1 heterocycles. The molecule has 0 saturated heterocycles. The van der Waals surface area contributed by atoms with Crippen LogP contribution in [0.5, 0.6) is 5.75 Å². The highest BCUT2D eigenvalue weighted by atomic mass is 35.5. The molecule has 0 saturated carbocycles. The molecule has 0 aromatic heterocycles. The standard InChI is InChI=1S/C17H7Cl2F5O3/c18-9-1-7-2-12(15(25)26)16(17(22,23)24,27-14(7)13(19)5-9)8-3-10(20)6-11(21)4-8/h1-6H,(H,25,26)/t16-/m0/s1. The van der Waals surface area contributed by atoms with Crippen LogP contribution in [-0.4, -0.2) is 17.3 Å². The normalized spacial score (nSPS) is 19.1. The lowest BCUT2D eigenvalue weighted by atomic mass is 9.81. The topological polar surface area (TPSA) is 46.5 Å². The molecule has 1 N–H and O–H groups in total. The van der Waals surface area contributed by atoms with Crippen molar-refractivity contribution in [1.29, 1.82) is 0 Å². The average Bonchev–Trinajstić information content (AvgIpc) is 2.51. The van der Waals surface area contributed by atoms with E-state index in [4.69, 9.17) is 27.9 Å².